The van der Waals surface area contributed by atoms with E-state index >= 15 is 0 Å². The van der Waals surface area contributed by atoms with Gasteiger partial charge in [0.15, 0.2) is 16.7 Å². The first-order chi connectivity index (χ1) is 12.9. The molecule has 0 atom stereocenters. The highest BCUT2D eigenvalue weighted by molar-refractivity contribution is 6.33. The number of piperazine rings is 1. The third kappa shape index (κ3) is 4.43. The maximum atomic E-state index is 11.7. The zero-order valence-electron chi connectivity index (χ0n) is 15.3. The number of halogens is 2. The van der Waals surface area contributed by atoms with E-state index in [1.165, 1.54) is 0 Å². The van der Waals surface area contributed by atoms with Gasteiger partial charge in [0.25, 0.3) is 5.91 Å². The minimum Gasteiger partial charge on any atom is -0.368 e. The number of carbonyl (C=O) groups is 1. The van der Waals surface area contributed by atoms with Crippen LogP contribution in [0.2, 0.25) is 10.2 Å². The molecule has 0 saturated carbocycles. The molecule has 1 aromatic heterocycles. The Morgan fingerprint density at radius 1 is 1.22 bits per heavy atom. The van der Waals surface area contributed by atoms with Gasteiger partial charge in [-0.3, -0.25) is 4.79 Å². The van der Waals surface area contributed by atoms with Crippen molar-refractivity contribution in [2.24, 2.45) is 5.73 Å². The van der Waals surface area contributed by atoms with Gasteiger partial charge in [-0.15, -0.1) is 0 Å². The maximum Gasteiger partial charge on any atom is 0.271 e. The van der Waals surface area contributed by atoms with Crippen LogP contribution in [-0.2, 0) is 6.42 Å². The molecule has 0 unspecified atom stereocenters. The van der Waals surface area contributed by atoms with E-state index in [4.69, 9.17) is 28.9 Å². The Kier molecular flexibility index (Phi) is 6.04. The third-order valence-corrected chi connectivity index (χ3v) is 5.15. The SMILES string of the molecule is CCc1nc(C(N)=O)c(Nc2ccc(N3CCN(C)CC3)c(Cl)c2)nc1Cl. The number of likely N-dealkylation sites (N-methyl/N-ethyl adjacent to an activating group) is 1. The second kappa shape index (κ2) is 8.29. The molecule has 1 aliphatic rings. The molecule has 3 N–H and O–H groups in total. The molecular formula is C18H22Cl2N6O. The average molecular weight is 409 g/mol. The highest BCUT2D eigenvalue weighted by Gasteiger charge is 2.19. The van der Waals surface area contributed by atoms with Crippen LogP contribution in [0.1, 0.15) is 23.1 Å². The fourth-order valence-electron chi connectivity index (χ4n) is 2.96. The number of rotatable bonds is 5. The van der Waals surface area contributed by atoms with Gasteiger partial charge in [-0.25, -0.2) is 9.97 Å². The smallest absolute Gasteiger partial charge is 0.271 e. The minimum atomic E-state index is -0.670. The largest absolute Gasteiger partial charge is 0.368 e. The van der Waals surface area contributed by atoms with Crippen LogP contribution in [-0.4, -0.2) is 54.0 Å². The summed E-state index contributed by atoms with van der Waals surface area (Å²) >= 11 is 12.6. The second-order valence-electron chi connectivity index (χ2n) is 6.46. The molecule has 2 heterocycles. The first-order valence-electron chi connectivity index (χ1n) is 8.75. The van der Waals surface area contributed by atoms with E-state index in [1.54, 1.807) is 6.07 Å². The summed E-state index contributed by atoms with van der Waals surface area (Å²) in [6.45, 7) is 5.72. The van der Waals surface area contributed by atoms with Crippen LogP contribution >= 0.6 is 23.2 Å². The molecule has 7 nitrogen and oxygen atoms in total. The Hall–Kier alpha value is -2.09. The number of hydrogen-bond acceptors (Lipinski definition) is 6. The first-order valence-corrected chi connectivity index (χ1v) is 9.51. The van der Waals surface area contributed by atoms with Gasteiger partial charge >= 0.3 is 0 Å². The lowest BCUT2D eigenvalue weighted by Gasteiger charge is -2.34. The number of carbonyl (C=O) groups excluding carboxylic acids is 1. The summed E-state index contributed by atoms with van der Waals surface area (Å²) in [4.78, 5) is 24.8. The standard InChI is InChI=1S/C18H22Cl2N6O/c1-3-13-16(20)24-18(15(23-13)17(21)27)22-11-4-5-14(12(19)10-11)26-8-6-25(2)7-9-26/h4-5,10H,3,6-9H2,1-2H3,(H2,21,27)(H,22,24). The number of primary amides is 1. The van der Waals surface area contributed by atoms with Crippen LogP contribution in [0.15, 0.2) is 18.2 Å². The molecule has 2 aromatic rings. The van der Waals surface area contributed by atoms with Crippen molar-refractivity contribution in [3.8, 4) is 0 Å². The molecule has 9 heteroatoms. The first kappa shape index (κ1) is 19.7. The van der Waals surface area contributed by atoms with Crippen LogP contribution in [0.25, 0.3) is 0 Å². The fourth-order valence-corrected chi connectivity index (χ4v) is 3.52. The molecule has 0 aliphatic carbocycles. The van der Waals surface area contributed by atoms with Crippen molar-refractivity contribution in [2.75, 3.05) is 43.4 Å². The average Bonchev–Trinajstić information content (AvgIpc) is 2.63. The molecule has 1 saturated heterocycles. The van der Waals surface area contributed by atoms with Gasteiger partial charge in [0, 0.05) is 31.9 Å². The summed E-state index contributed by atoms with van der Waals surface area (Å²) < 4.78 is 0. The van der Waals surface area contributed by atoms with Crippen molar-refractivity contribution in [2.45, 2.75) is 13.3 Å². The van der Waals surface area contributed by atoms with Gasteiger partial charge in [0.1, 0.15) is 0 Å². The van der Waals surface area contributed by atoms with E-state index in [9.17, 15) is 4.79 Å². The lowest BCUT2D eigenvalue weighted by molar-refractivity contribution is 0.0996. The quantitative estimate of drug-likeness (QED) is 0.790. The molecule has 27 heavy (non-hydrogen) atoms. The van der Waals surface area contributed by atoms with E-state index in [1.807, 2.05) is 19.1 Å². The summed E-state index contributed by atoms with van der Waals surface area (Å²) in [6, 6.07) is 5.63. The fraction of sp³-hybridized carbons (Fsp3) is 0.389. The van der Waals surface area contributed by atoms with Crippen molar-refractivity contribution < 1.29 is 4.79 Å². The molecule has 0 spiro atoms. The second-order valence-corrected chi connectivity index (χ2v) is 7.22. The zero-order chi connectivity index (χ0) is 19.6. The highest BCUT2D eigenvalue weighted by Crippen LogP contribution is 2.31. The number of nitrogens with zero attached hydrogens (tertiary/aromatic N) is 4. The number of anilines is 3. The molecule has 1 aliphatic heterocycles. The minimum absolute atomic E-state index is 0.0514. The molecule has 1 amide bonds. The van der Waals surface area contributed by atoms with Crippen LogP contribution < -0.4 is 16.0 Å². The zero-order valence-corrected chi connectivity index (χ0v) is 16.8. The van der Waals surface area contributed by atoms with E-state index in [2.05, 4.69) is 32.1 Å². The Labute approximate surface area is 168 Å². The number of hydrogen-bond donors (Lipinski definition) is 2. The van der Waals surface area contributed by atoms with Crippen LogP contribution in [0.3, 0.4) is 0 Å². The highest BCUT2D eigenvalue weighted by atomic mass is 35.5. The van der Waals surface area contributed by atoms with Gasteiger partial charge in [-0.05, 0) is 31.7 Å². The van der Waals surface area contributed by atoms with Crippen molar-refractivity contribution in [3.63, 3.8) is 0 Å². The summed E-state index contributed by atoms with van der Waals surface area (Å²) in [5, 5.41) is 3.91. The predicted octanol–water partition coefficient (Wildman–Crippen LogP) is 2.94. The molecule has 3 rings (SSSR count). The van der Waals surface area contributed by atoms with E-state index in [0.29, 0.717) is 22.8 Å². The van der Waals surface area contributed by atoms with Crippen LogP contribution in [0, 0.1) is 0 Å². The van der Waals surface area contributed by atoms with Crippen molar-refractivity contribution in [3.05, 3.63) is 39.8 Å². The Bertz CT molecular complexity index is 852. The van der Waals surface area contributed by atoms with Crippen LogP contribution in [0.4, 0.5) is 17.2 Å². The summed E-state index contributed by atoms with van der Waals surface area (Å²) in [7, 11) is 2.11. The lowest BCUT2D eigenvalue weighted by atomic mass is 10.2. The van der Waals surface area contributed by atoms with E-state index in [-0.39, 0.29) is 16.7 Å². The maximum absolute atomic E-state index is 11.7. The Morgan fingerprint density at radius 2 is 1.93 bits per heavy atom. The Morgan fingerprint density at radius 3 is 2.52 bits per heavy atom. The molecule has 0 bridgehead atoms. The van der Waals surface area contributed by atoms with Crippen molar-refractivity contribution in [1.82, 2.24) is 14.9 Å². The lowest BCUT2D eigenvalue weighted by Crippen LogP contribution is -2.44. The van der Waals surface area contributed by atoms with Crippen molar-refractivity contribution >= 4 is 46.3 Å². The predicted molar refractivity (Wildman–Crippen MR) is 109 cm³/mol. The topological polar surface area (TPSA) is 87.4 Å². The number of aryl methyl sites for hydroxylation is 1. The van der Waals surface area contributed by atoms with Crippen molar-refractivity contribution in [1.29, 1.82) is 0 Å². The molecule has 1 aromatic carbocycles. The summed E-state index contributed by atoms with van der Waals surface area (Å²) in [5.74, 6) is -0.454. The monoisotopic (exact) mass is 408 g/mol. The summed E-state index contributed by atoms with van der Waals surface area (Å²) in [6.07, 6.45) is 0.554. The summed E-state index contributed by atoms with van der Waals surface area (Å²) in [5.41, 5.74) is 7.68. The van der Waals surface area contributed by atoms with Gasteiger partial charge in [0.05, 0.1) is 16.4 Å². The number of nitrogens with two attached hydrogens (primary N) is 1. The van der Waals surface area contributed by atoms with Crippen LogP contribution in [0.5, 0.6) is 0 Å². The Balaban J connectivity index is 1.85. The van der Waals surface area contributed by atoms with E-state index < -0.39 is 5.91 Å². The number of aromatic nitrogens is 2. The normalized spacial score (nSPS) is 15.0. The molecule has 144 valence electrons. The number of nitrogens with one attached hydrogen (secondary N) is 1. The van der Waals surface area contributed by atoms with Gasteiger partial charge in [0.2, 0.25) is 0 Å². The van der Waals surface area contributed by atoms with Gasteiger partial charge < -0.3 is 20.9 Å². The third-order valence-electron chi connectivity index (χ3n) is 4.54. The van der Waals surface area contributed by atoms with Gasteiger partial charge in [-0.1, -0.05) is 30.1 Å². The molecular weight excluding hydrogens is 387 g/mol. The van der Waals surface area contributed by atoms with E-state index in [0.717, 1.165) is 31.9 Å². The number of amides is 1. The molecule has 0 radical (unpaired) electrons. The number of benzene rings is 1. The molecule has 1 fully saturated rings. The van der Waals surface area contributed by atoms with Gasteiger partial charge in [-0.2, -0.15) is 0 Å².